The molecule has 0 bridgehead atoms. The fourth-order valence-electron chi connectivity index (χ4n) is 2.94. The number of benzene rings is 2. The molecule has 1 aliphatic heterocycles. The molecular weight excluding hydrogens is 380 g/mol. The highest BCUT2D eigenvalue weighted by molar-refractivity contribution is 7.90. The van der Waals surface area contributed by atoms with E-state index in [-0.39, 0.29) is 11.0 Å². The Balaban J connectivity index is 1.79. The van der Waals surface area contributed by atoms with Gasteiger partial charge in [0.15, 0.2) is 9.84 Å². The lowest BCUT2D eigenvalue weighted by atomic mass is 10.2. The number of nitrogens with zero attached hydrogens (tertiary/aromatic N) is 2. The summed E-state index contributed by atoms with van der Waals surface area (Å²) in [6, 6.07) is 11.3. The third-order valence-electron chi connectivity index (χ3n) is 4.15. The molecule has 9 heteroatoms. The minimum Gasteiger partial charge on any atom is -0.488 e. The van der Waals surface area contributed by atoms with E-state index in [9.17, 15) is 18.5 Å². The molecule has 0 amide bonds. The molecule has 0 spiro atoms. The lowest BCUT2D eigenvalue weighted by Crippen LogP contribution is -2.24. The predicted octanol–water partition coefficient (Wildman–Crippen LogP) is 3.31. The topological polar surface area (TPSA) is 89.8 Å². The maximum Gasteiger partial charge on any atom is 0.288 e. The molecule has 0 aliphatic carbocycles. The highest BCUT2D eigenvalue weighted by atomic mass is 35.5. The van der Waals surface area contributed by atoms with Gasteiger partial charge in [-0.25, -0.2) is 8.42 Å². The van der Waals surface area contributed by atoms with Crippen LogP contribution in [-0.2, 0) is 9.84 Å². The van der Waals surface area contributed by atoms with Crippen molar-refractivity contribution in [3.63, 3.8) is 0 Å². The van der Waals surface area contributed by atoms with Gasteiger partial charge in [-0.2, -0.15) is 0 Å². The van der Waals surface area contributed by atoms with Crippen LogP contribution >= 0.6 is 11.6 Å². The minimum absolute atomic E-state index is 0.0784. The summed E-state index contributed by atoms with van der Waals surface area (Å²) in [7, 11) is -3.71. The Morgan fingerprint density at radius 3 is 2.69 bits per heavy atom. The van der Waals surface area contributed by atoms with Crippen molar-refractivity contribution in [2.75, 3.05) is 24.2 Å². The Morgan fingerprint density at radius 2 is 2.04 bits per heavy atom. The van der Waals surface area contributed by atoms with Gasteiger partial charge < -0.3 is 9.64 Å². The van der Waals surface area contributed by atoms with Gasteiger partial charge in [-0.15, -0.1) is 0 Å². The highest BCUT2D eigenvalue weighted by Gasteiger charge is 2.28. The van der Waals surface area contributed by atoms with E-state index in [1.807, 2.05) is 11.0 Å². The Morgan fingerprint density at radius 1 is 1.27 bits per heavy atom. The standard InChI is InChI=1S/C17H17ClN2O5S/c1-26(23,24)17-10-13(5-6-16(17)20(21)22)19-8-7-15(11-19)25-14-4-2-3-12(18)9-14/h2-6,9-10,15H,7-8,11H2,1H3. The molecular formula is C17H17ClN2O5S. The van der Waals surface area contributed by atoms with Gasteiger partial charge in [0, 0.05) is 36.0 Å². The largest absolute Gasteiger partial charge is 0.488 e. The lowest BCUT2D eigenvalue weighted by molar-refractivity contribution is -0.387. The van der Waals surface area contributed by atoms with E-state index in [1.54, 1.807) is 24.3 Å². The summed E-state index contributed by atoms with van der Waals surface area (Å²) in [6.45, 7) is 1.21. The SMILES string of the molecule is CS(=O)(=O)c1cc(N2CCC(Oc3cccc(Cl)c3)C2)ccc1[N+](=O)[O-]. The molecule has 1 saturated heterocycles. The van der Waals surface area contributed by atoms with Crippen LogP contribution in [0.1, 0.15) is 6.42 Å². The molecule has 138 valence electrons. The van der Waals surface area contributed by atoms with Gasteiger partial charge in [0.2, 0.25) is 0 Å². The molecule has 1 fully saturated rings. The van der Waals surface area contributed by atoms with Gasteiger partial charge in [0.1, 0.15) is 16.7 Å². The number of halogens is 1. The number of hydrogen-bond acceptors (Lipinski definition) is 6. The molecule has 7 nitrogen and oxygen atoms in total. The number of nitro benzene ring substituents is 1. The van der Waals surface area contributed by atoms with E-state index in [1.165, 1.54) is 12.1 Å². The molecule has 3 rings (SSSR count). The maximum atomic E-state index is 11.9. The Hall–Kier alpha value is -2.32. The summed E-state index contributed by atoms with van der Waals surface area (Å²) in [5.41, 5.74) is 0.204. The second kappa shape index (κ2) is 7.13. The van der Waals surface area contributed by atoms with E-state index < -0.39 is 20.4 Å². The van der Waals surface area contributed by atoms with Gasteiger partial charge in [-0.3, -0.25) is 10.1 Å². The Labute approximate surface area is 156 Å². The van der Waals surface area contributed by atoms with Crippen molar-refractivity contribution >= 4 is 32.8 Å². The van der Waals surface area contributed by atoms with E-state index >= 15 is 0 Å². The molecule has 2 aromatic carbocycles. The van der Waals surface area contributed by atoms with Gasteiger partial charge in [-0.1, -0.05) is 17.7 Å². The molecule has 1 atom stereocenters. The van der Waals surface area contributed by atoms with Crippen molar-refractivity contribution in [1.82, 2.24) is 0 Å². The Kier molecular flexibility index (Phi) is 5.06. The van der Waals surface area contributed by atoms with Gasteiger partial charge in [0.05, 0.1) is 11.5 Å². The molecule has 0 N–H and O–H groups in total. The second-order valence-electron chi connectivity index (χ2n) is 6.11. The summed E-state index contributed by atoms with van der Waals surface area (Å²) >= 11 is 5.95. The van der Waals surface area contributed by atoms with Gasteiger partial charge in [0.25, 0.3) is 5.69 Å². The molecule has 1 unspecified atom stereocenters. The first-order valence-electron chi connectivity index (χ1n) is 7.90. The average molecular weight is 397 g/mol. The average Bonchev–Trinajstić information content (AvgIpc) is 3.02. The third-order valence-corrected chi connectivity index (χ3v) is 5.51. The molecule has 0 radical (unpaired) electrons. The van der Waals surface area contributed by atoms with E-state index in [4.69, 9.17) is 16.3 Å². The smallest absolute Gasteiger partial charge is 0.288 e. The van der Waals surface area contributed by atoms with Gasteiger partial charge in [-0.05, 0) is 30.3 Å². The molecule has 2 aromatic rings. The van der Waals surface area contributed by atoms with Crippen molar-refractivity contribution in [2.45, 2.75) is 17.4 Å². The predicted molar refractivity (Wildman–Crippen MR) is 98.9 cm³/mol. The fraction of sp³-hybridized carbons (Fsp3) is 0.294. The van der Waals surface area contributed by atoms with Crippen LogP contribution in [0.4, 0.5) is 11.4 Å². The second-order valence-corrected chi connectivity index (χ2v) is 8.53. The highest BCUT2D eigenvalue weighted by Crippen LogP contribution is 2.31. The van der Waals surface area contributed by atoms with Crippen LogP contribution < -0.4 is 9.64 Å². The van der Waals surface area contributed by atoms with Crippen LogP contribution in [-0.4, -0.2) is 38.8 Å². The normalized spacial score (nSPS) is 17.3. The third kappa shape index (κ3) is 4.08. The molecule has 0 saturated carbocycles. The Bertz CT molecular complexity index is 948. The summed E-state index contributed by atoms with van der Waals surface area (Å²) in [6.07, 6.45) is 1.64. The zero-order valence-corrected chi connectivity index (χ0v) is 15.5. The zero-order chi connectivity index (χ0) is 18.9. The first kappa shape index (κ1) is 18.5. The van der Waals surface area contributed by atoms with Crippen molar-refractivity contribution in [1.29, 1.82) is 0 Å². The number of hydrogen-bond donors (Lipinski definition) is 0. The fourth-order valence-corrected chi connectivity index (χ4v) is 3.98. The minimum atomic E-state index is -3.71. The van der Waals surface area contributed by atoms with Crippen LogP contribution in [0.3, 0.4) is 0 Å². The summed E-state index contributed by atoms with van der Waals surface area (Å²) in [5.74, 6) is 0.671. The molecule has 1 aliphatic rings. The van der Waals surface area contributed by atoms with E-state index in [0.717, 1.165) is 12.7 Å². The molecule has 1 heterocycles. The van der Waals surface area contributed by atoms with Crippen LogP contribution in [0.2, 0.25) is 5.02 Å². The van der Waals surface area contributed by atoms with Crippen LogP contribution in [0.5, 0.6) is 5.75 Å². The van der Waals surface area contributed by atoms with Crippen LogP contribution in [0.15, 0.2) is 47.4 Å². The first-order chi connectivity index (χ1) is 12.2. The van der Waals surface area contributed by atoms with Crippen molar-refractivity contribution < 1.29 is 18.1 Å². The van der Waals surface area contributed by atoms with E-state index in [0.29, 0.717) is 29.5 Å². The van der Waals surface area contributed by atoms with Crippen molar-refractivity contribution in [3.05, 3.63) is 57.6 Å². The summed E-state index contributed by atoms with van der Waals surface area (Å²) in [4.78, 5) is 12.1. The van der Waals surface area contributed by atoms with Gasteiger partial charge >= 0.3 is 0 Å². The number of anilines is 1. The number of ether oxygens (including phenoxy) is 1. The number of nitro groups is 1. The summed E-state index contributed by atoms with van der Waals surface area (Å²) in [5, 5.41) is 11.7. The quantitative estimate of drug-likeness (QED) is 0.569. The maximum absolute atomic E-state index is 11.9. The van der Waals surface area contributed by atoms with Crippen molar-refractivity contribution in [3.8, 4) is 5.75 Å². The zero-order valence-electron chi connectivity index (χ0n) is 14.0. The molecule has 0 aromatic heterocycles. The monoisotopic (exact) mass is 396 g/mol. The number of rotatable bonds is 5. The lowest BCUT2D eigenvalue weighted by Gasteiger charge is -2.19. The molecule has 26 heavy (non-hydrogen) atoms. The van der Waals surface area contributed by atoms with Crippen LogP contribution in [0, 0.1) is 10.1 Å². The van der Waals surface area contributed by atoms with Crippen molar-refractivity contribution in [2.24, 2.45) is 0 Å². The number of sulfone groups is 1. The first-order valence-corrected chi connectivity index (χ1v) is 10.2. The summed E-state index contributed by atoms with van der Waals surface area (Å²) < 4.78 is 29.7. The van der Waals surface area contributed by atoms with E-state index in [2.05, 4.69) is 0 Å². The van der Waals surface area contributed by atoms with Crippen LogP contribution in [0.25, 0.3) is 0 Å².